The number of aryl methyl sites for hydroxylation is 2. The second-order valence-electron chi connectivity index (χ2n) is 5.66. The van der Waals surface area contributed by atoms with E-state index < -0.39 is 0 Å². The zero-order chi connectivity index (χ0) is 17.6. The molecule has 0 amide bonds. The topological polar surface area (TPSA) is 89.4 Å². The number of H-pyrrole nitrogens is 1. The minimum Gasteiger partial charge on any atom is -0.345 e. The van der Waals surface area contributed by atoms with Crippen molar-refractivity contribution in [1.82, 2.24) is 29.7 Å². The van der Waals surface area contributed by atoms with Crippen molar-refractivity contribution in [3.8, 4) is 17.1 Å². The van der Waals surface area contributed by atoms with Crippen LogP contribution < -0.4 is 5.43 Å². The van der Waals surface area contributed by atoms with Gasteiger partial charge in [0.2, 0.25) is 5.43 Å². The number of aromatic nitrogens is 6. The van der Waals surface area contributed by atoms with Gasteiger partial charge in [-0.1, -0.05) is 11.6 Å². The van der Waals surface area contributed by atoms with Crippen molar-refractivity contribution in [3.05, 3.63) is 63.4 Å². The number of nitrogens with one attached hydrogen (secondary N) is 1. The van der Waals surface area contributed by atoms with E-state index in [9.17, 15) is 4.79 Å². The highest BCUT2D eigenvalue weighted by Gasteiger charge is 2.16. The van der Waals surface area contributed by atoms with Crippen LogP contribution in [0.1, 0.15) is 11.4 Å². The van der Waals surface area contributed by atoms with Crippen molar-refractivity contribution in [1.29, 1.82) is 0 Å². The van der Waals surface area contributed by atoms with Crippen LogP contribution in [0.25, 0.3) is 28.2 Å². The number of halogens is 1. The maximum absolute atomic E-state index is 12.2. The molecule has 0 spiro atoms. The van der Waals surface area contributed by atoms with E-state index in [2.05, 4.69) is 25.0 Å². The van der Waals surface area contributed by atoms with Gasteiger partial charge < -0.3 is 4.98 Å². The van der Waals surface area contributed by atoms with Crippen molar-refractivity contribution >= 4 is 22.8 Å². The predicted molar refractivity (Wildman–Crippen MR) is 95.0 cm³/mol. The van der Waals surface area contributed by atoms with Crippen molar-refractivity contribution in [2.75, 3.05) is 0 Å². The second-order valence-corrected chi connectivity index (χ2v) is 6.04. The lowest BCUT2D eigenvalue weighted by molar-refractivity contribution is 0.832. The van der Waals surface area contributed by atoms with E-state index in [1.807, 2.05) is 26.0 Å². The Morgan fingerprint density at radius 3 is 2.64 bits per heavy atom. The minimum absolute atomic E-state index is 0.206. The molecule has 0 saturated heterocycles. The molecule has 0 radical (unpaired) electrons. The molecular weight excluding hydrogens is 340 g/mol. The van der Waals surface area contributed by atoms with Crippen LogP contribution in [0.5, 0.6) is 0 Å². The first-order valence-electron chi connectivity index (χ1n) is 7.58. The first-order chi connectivity index (χ1) is 12.0. The number of hydrogen-bond acceptors (Lipinski definition) is 5. The van der Waals surface area contributed by atoms with E-state index in [-0.39, 0.29) is 10.9 Å². The van der Waals surface area contributed by atoms with E-state index in [0.717, 1.165) is 17.0 Å². The van der Waals surface area contributed by atoms with Gasteiger partial charge in [0, 0.05) is 29.7 Å². The summed E-state index contributed by atoms with van der Waals surface area (Å²) < 4.78 is 1.63. The lowest BCUT2D eigenvalue weighted by Gasteiger charge is -2.10. The van der Waals surface area contributed by atoms with Crippen molar-refractivity contribution < 1.29 is 0 Å². The summed E-state index contributed by atoms with van der Waals surface area (Å²) in [6.07, 6.45) is 3.34. The SMILES string of the molecule is Cc1cc(-c2nc3c(=O)cc[nH]c3nc2-n2ccc(C)n2)cc(Cl)n1. The van der Waals surface area contributed by atoms with Gasteiger partial charge in [0.15, 0.2) is 17.0 Å². The van der Waals surface area contributed by atoms with Gasteiger partial charge in [0.1, 0.15) is 10.8 Å². The molecule has 8 heteroatoms. The molecule has 7 nitrogen and oxygen atoms in total. The molecule has 25 heavy (non-hydrogen) atoms. The van der Waals surface area contributed by atoms with Gasteiger partial charge in [-0.15, -0.1) is 0 Å². The van der Waals surface area contributed by atoms with Gasteiger partial charge in [-0.25, -0.2) is 19.6 Å². The van der Waals surface area contributed by atoms with Crippen LogP contribution in [0.4, 0.5) is 0 Å². The molecule has 4 aromatic rings. The first kappa shape index (κ1) is 15.5. The number of hydrogen-bond donors (Lipinski definition) is 1. The second kappa shape index (κ2) is 5.78. The monoisotopic (exact) mass is 352 g/mol. The lowest BCUT2D eigenvalue weighted by Crippen LogP contribution is -2.10. The van der Waals surface area contributed by atoms with Crippen molar-refractivity contribution in [3.63, 3.8) is 0 Å². The third-order valence-electron chi connectivity index (χ3n) is 3.70. The Balaban J connectivity index is 2.09. The Kier molecular flexibility index (Phi) is 3.58. The van der Waals surface area contributed by atoms with Gasteiger partial charge in [-0.2, -0.15) is 5.10 Å². The predicted octanol–water partition coefficient (Wildman–Crippen LogP) is 2.84. The fraction of sp³-hybridized carbons (Fsp3) is 0.118. The summed E-state index contributed by atoms with van der Waals surface area (Å²) in [7, 11) is 0. The Labute approximate surface area is 147 Å². The third-order valence-corrected chi connectivity index (χ3v) is 3.89. The zero-order valence-corrected chi connectivity index (χ0v) is 14.2. The molecule has 0 atom stereocenters. The number of rotatable bonds is 2. The maximum Gasteiger partial charge on any atom is 0.209 e. The number of fused-ring (bicyclic) bond motifs is 1. The number of nitrogens with zero attached hydrogens (tertiary/aromatic N) is 5. The molecule has 124 valence electrons. The molecule has 0 saturated carbocycles. The molecule has 0 aliphatic carbocycles. The summed E-state index contributed by atoms with van der Waals surface area (Å²) in [4.78, 5) is 28.4. The van der Waals surface area contributed by atoms with Crippen LogP contribution in [0.2, 0.25) is 5.15 Å². The van der Waals surface area contributed by atoms with E-state index in [0.29, 0.717) is 22.3 Å². The minimum atomic E-state index is -0.206. The molecule has 4 rings (SSSR count). The van der Waals surface area contributed by atoms with Crippen LogP contribution >= 0.6 is 11.6 Å². The molecule has 4 aromatic heterocycles. The van der Waals surface area contributed by atoms with Gasteiger partial charge in [-0.3, -0.25) is 4.79 Å². The van der Waals surface area contributed by atoms with Gasteiger partial charge >= 0.3 is 0 Å². The van der Waals surface area contributed by atoms with Gasteiger partial charge in [-0.05, 0) is 32.0 Å². The maximum atomic E-state index is 12.2. The summed E-state index contributed by atoms with van der Waals surface area (Å²) >= 11 is 6.10. The summed E-state index contributed by atoms with van der Waals surface area (Å²) in [5.74, 6) is 0.504. The largest absolute Gasteiger partial charge is 0.345 e. The Morgan fingerprint density at radius 1 is 1.08 bits per heavy atom. The van der Waals surface area contributed by atoms with Crippen LogP contribution in [-0.4, -0.2) is 29.7 Å². The van der Waals surface area contributed by atoms with E-state index in [1.54, 1.807) is 23.1 Å². The Morgan fingerprint density at radius 2 is 1.92 bits per heavy atom. The Hall–Kier alpha value is -3.06. The molecule has 0 aliphatic rings. The summed E-state index contributed by atoms with van der Waals surface area (Å²) in [6.45, 7) is 3.73. The molecule has 0 bridgehead atoms. The van der Waals surface area contributed by atoms with Gasteiger partial charge in [0.05, 0.1) is 5.69 Å². The highest BCUT2D eigenvalue weighted by Crippen LogP contribution is 2.26. The molecule has 0 fully saturated rings. The third kappa shape index (κ3) is 2.78. The first-order valence-corrected chi connectivity index (χ1v) is 7.96. The molecule has 0 aliphatic heterocycles. The Bertz CT molecular complexity index is 1140. The number of pyridine rings is 2. The zero-order valence-electron chi connectivity index (χ0n) is 13.5. The molecule has 0 aromatic carbocycles. The van der Waals surface area contributed by atoms with Crippen molar-refractivity contribution in [2.24, 2.45) is 0 Å². The highest BCUT2D eigenvalue weighted by molar-refractivity contribution is 6.29. The van der Waals surface area contributed by atoms with Gasteiger partial charge in [0.25, 0.3) is 0 Å². The van der Waals surface area contributed by atoms with Crippen molar-refractivity contribution in [2.45, 2.75) is 13.8 Å². The molecule has 4 heterocycles. The summed E-state index contributed by atoms with van der Waals surface area (Å²) in [5, 5.41) is 4.76. The smallest absolute Gasteiger partial charge is 0.209 e. The summed E-state index contributed by atoms with van der Waals surface area (Å²) in [6, 6.07) is 6.83. The number of aromatic amines is 1. The molecule has 1 N–H and O–H groups in total. The fourth-order valence-electron chi connectivity index (χ4n) is 2.63. The average Bonchev–Trinajstić information content (AvgIpc) is 2.99. The van der Waals surface area contributed by atoms with Crippen LogP contribution in [0.3, 0.4) is 0 Å². The van der Waals surface area contributed by atoms with Crippen LogP contribution in [0, 0.1) is 13.8 Å². The molecule has 0 unspecified atom stereocenters. The van der Waals surface area contributed by atoms with E-state index in [4.69, 9.17) is 11.6 Å². The van der Waals surface area contributed by atoms with E-state index >= 15 is 0 Å². The van der Waals surface area contributed by atoms with Crippen LogP contribution in [-0.2, 0) is 0 Å². The summed E-state index contributed by atoms with van der Waals surface area (Å²) in [5.41, 5.74) is 3.28. The van der Waals surface area contributed by atoms with Crippen LogP contribution in [0.15, 0.2) is 41.5 Å². The molecular formula is C17H13ClN6O. The average molecular weight is 353 g/mol. The quantitative estimate of drug-likeness (QED) is 0.560. The highest BCUT2D eigenvalue weighted by atomic mass is 35.5. The lowest BCUT2D eigenvalue weighted by atomic mass is 10.1. The standard InChI is InChI=1S/C17H13ClN6O/c1-9-4-6-24(23-9)17-14(11-7-10(2)20-13(18)8-11)21-15-12(25)3-5-19-16(15)22-17/h3-8H,1-2H3,(H,19,22,25). The van der Waals surface area contributed by atoms with E-state index in [1.165, 1.54) is 6.07 Å². The fourth-order valence-corrected chi connectivity index (χ4v) is 2.88. The normalized spacial score (nSPS) is 11.2.